The average molecular weight is 402 g/mol. The van der Waals surface area contributed by atoms with Crippen molar-refractivity contribution in [1.82, 2.24) is 14.3 Å². The molecule has 1 amide bonds. The number of esters is 1. The second kappa shape index (κ2) is 7.12. The smallest absolute Gasteiger partial charge is 0.326 e. The summed E-state index contributed by atoms with van der Waals surface area (Å²) in [6.45, 7) is 3.95. The molecular formula is C18H18N4O5S. The Morgan fingerprint density at radius 2 is 2.04 bits per heavy atom. The van der Waals surface area contributed by atoms with Gasteiger partial charge in [-0.3, -0.25) is 14.3 Å². The van der Waals surface area contributed by atoms with Crippen molar-refractivity contribution in [3.05, 3.63) is 34.4 Å². The summed E-state index contributed by atoms with van der Waals surface area (Å²) in [5.74, 6) is 0.312. The van der Waals surface area contributed by atoms with Gasteiger partial charge in [-0.1, -0.05) is 11.3 Å². The first-order valence-corrected chi connectivity index (χ1v) is 9.46. The van der Waals surface area contributed by atoms with Gasteiger partial charge in [0.15, 0.2) is 22.0 Å². The van der Waals surface area contributed by atoms with Crippen LogP contribution in [0.4, 0.5) is 0 Å². The van der Waals surface area contributed by atoms with E-state index in [1.807, 2.05) is 13.0 Å². The minimum absolute atomic E-state index is 0.0686. The van der Waals surface area contributed by atoms with Crippen LogP contribution in [0.15, 0.2) is 23.2 Å². The van der Waals surface area contributed by atoms with Crippen molar-refractivity contribution in [3.8, 4) is 11.5 Å². The Hall–Kier alpha value is -3.14. The molecule has 0 spiro atoms. The molecule has 9 nitrogen and oxygen atoms in total. The maximum absolute atomic E-state index is 12.6. The van der Waals surface area contributed by atoms with Crippen LogP contribution >= 0.6 is 11.3 Å². The average Bonchev–Trinajstić information content (AvgIpc) is 3.32. The van der Waals surface area contributed by atoms with Crippen LogP contribution in [0.25, 0.3) is 10.2 Å². The van der Waals surface area contributed by atoms with Crippen molar-refractivity contribution >= 4 is 33.4 Å². The van der Waals surface area contributed by atoms with E-state index in [0.717, 1.165) is 10.4 Å². The predicted molar refractivity (Wildman–Crippen MR) is 100 cm³/mol. The SMILES string of the molecule is CCOC(=O)Cn1c(=NC(=O)c2cc(C)n(C)n2)sc2cc3c(cc21)OCO3. The molecule has 0 saturated heterocycles. The molecule has 0 bridgehead atoms. The third kappa shape index (κ3) is 3.26. The molecule has 10 heteroatoms. The zero-order chi connectivity index (χ0) is 19.8. The van der Waals surface area contributed by atoms with E-state index >= 15 is 0 Å². The number of thiazole rings is 1. The summed E-state index contributed by atoms with van der Waals surface area (Å²) >= 11 is 1.28. The molecule has 2 aromatic heterocycles. The zero-order valence-electron chi connectivity index (χ0n) is 15.6. The number of carbonyl (C=O) groups is 2. The van der Waals surface area contributed by atoms with Crippen molar-refractivity contribution in [2.24, 2.45) is 12.0 Å². The molecule has 3 aromatic rings. The van der Waals surface area contributed by atoms with Gasteiger partial charge in [-0.2, -0.15) is 10.1 Å². The Morgan fingerprint density at radius 1 is 1.29 bits per heavy atom. The van der Waals surface area contributed by atoms with Gasteiger partial charge in [0.05, 0.1) is 16.8 Å². The van der Waals surface area contributed by atoms with Crippen molar-refractivity contribution < 1.29 is 23.8 Å². The minimum Gasteiger partial charge on any atom is -0.465 e. The van der Waals surface area contributed by atoms with Gasteiger partial charge in [-0.25, -0.2) is 0 Å². The van der Waals surface area contributed by atoms with Gasteiger partial charge in [-0.15, -0.1) is 0 Å². The van der Waals surface area contributed by atoms with Gasteiger partial charge in [-0.05, 0) is 19.9 Å². The van der Waals surface area contributed by atoms with Crippen LogP contribution in [0.1, 0.15) is 23.1 Å². The fraction of sp³-hybridized carbons (Fsp3) is 0.333. The fourth-order valence-electron chi connectivity index (χ4n) is 2.84. The van der Waals surface area contributed by atoms with E-state index in [-0.39, 0.29) is 25.6 Å². The molecule has 0 radical (unpaired) electrons. The van der Waals surface area contributed by atoms with Crippen LogP contribution in [0.2, 0.25) is 0 Å². The number of nitrogens with zero attached hydrogens (tertiary/aromatic N) is 4. The second-order valence-electron chi connectivity index (χ2n) is 6.16. The third-order valence-corrected chi connectivity index (χ3v) is 5.34. The number of rotatable bonds is 4. The van der Waals surface area contributed by atoms with E-state index in [1.54, 1.807) is 35.4 Å². The van der Waals surface area contributed by atoms with Crippen molar-refractivity contribution in [2.75, 3.05) is 13.4 Å². The van der Waals surface area contributed by atoms with Gasteiger partial charge in [0.1, 0.15) is 6.54 Å². The highest BCUT2D eigenvalue weighted by Crippen LogP contribution is 2.37. The maximum atomic E-state index is 12.6. The molecule has 0 N–H and O–H groups in total. The topological polar surface area (TPSA) is 96.9 Å². The molecule has 28 heavy (non-hydrogen) atoms. The van der Waals surface area contributed by atoms with Gasteiger partial charge in [0, 0.05) is 24.9 Å². The summed E-state index contributed by atoms with van der Waals surface area (Å²) in [4.78, 5) is 29.3. The summed E-state index contributed by atoms with van der Waals surface area (Å²) in [6.07, 6.45) is 0. The summed E-state index contributed by atoms with van der Waals surface area (Å²) in [7, 11) is 1.76. The predicted octanol–water partition coefficient (Wildman–Crippen LogP) is 1.78. The second-order valence-corrected chi connectivity index (χ2v) is 7.17. The molecule has 0 unspecified atom stereocenters. The number of benzene rings is 1. The summed E-state index contributed by atoms with van der Waals surface area (Å²) < 4.78 is 20.0. The van der Waals surface area contributed by atoms with E-state index in [0.29, 0.717) is 21.8 Å². The lowest BCUT2D eigenvalue weighted by Gasteiger charge is -2.05. The third-order valence-electron chi connectivity index (χ3n) is 4.30. The Labute approximate surface area is 163 Å². The van der Waals surface area contributed by atoms with E-state index in [4.69, 9.17) is 14.2 Å². The van der Waals surface area contributed by atoms with Crippen LogP contribution in [0.5, 0.6) is 11.5 Å². The van der Waals surface area contributed by atoms with Crippen molar-refractivity contribution in [3.63, 3.8) is 0 Å². The number of fused-ring (bicyclic) bond motifs is 2. The molecule has 4 rings (SSSR count). The van der Waals surface area contributed by atoms with Crippen LogP contribution in [-0.4, -0.2) is 39.6 Å². The molecule has 3 heterocycles. The number of amides is 1. The van der Waals surface area contributed by atoms with Gasteiger partial charge < -0.3 is 18.8 Å². The molecule has 0 fully saturated rings. The maximum Gasteiger partial charge on any atom is 0.326 e. The molecule has 0 saturated carbocycles. The van der Waals surface area contributed by atoms with Crippen LogP contribution in [0, 0.1) is 6.92 Å². The molecule has 1 aromatic carbocycles. The monoisotopic (exact) mass is 402 g/mol. The van der Waals surface area contributed by atoms with Crippen LogP contribution < -0.4 is 14.3 Å². The highest BCUT2D eigenvalue weighted by atomic mass is 32.1. The first-order chi connectivity index (χ1) is 13.5. The molecule has 0 aliphatic carbocycles. The van der Waals surface area contributed by atoms with Gasteiger partial charge in [0.25, 0.3) is 5.91 Å². The normalized spacial score (nSPS) is 13.3. The van der Waals surface area contributed by atoms with Gasteiger partial charge in [0.2, 0.25) is 6.79 Å². The summed E-state index contributed by atoms with van der Waals surface area (Å²) in [5, 5.41) is 4.17. The molecule has 1 aliphatic heterocycles. The highest BCUT2D eigenvalue weighted by molar-refractivity contribution is 7.16. The lowest BCUT2D eigenvalue weighted by molar-refractivity contribution is -0.143. The highest BCUT2D eigenvalue weighted by Gasteiger charge is 2.20. The minimum atomic E-state index is -0.479. The van der Waals surface area contributed by atoms with E-state index in [1.165, 1.54) is 11.3 Å². The number of ether oxygens (including phenoxy) is 3. The van der Waals surface area contributed by atoms with Crippen LogP contribution in [0.3, 0.4) is 0 Å². The molecule has 1 aliphatic rings. The van der Waals surface area contributed by atoms with Crippen molar-refractivity contribution in [1.29, 1.82) is 0 Å². The fourth-order valence-corrected chi connectivity index (χ4v) is 3.88. The number of hydrogen-bond acceptors (Lipinski definition) is 7. The number of aryl methyl sites for hydroxylation is 2. The van der Waals surface area contributed by atoms with E-state index in [9.17, 15) is 9.59 Å². The van der Waals surface area contributed by atoms with E-state index in [2.05, 4.69) is 10.1 Å². The summed E-state index contributed by atoms with van der Waals surface area (Å²) in [5.41, 5.74) is 1.81. The Balaban J connectivity index is 1.83. The summed E-state index contributed by atoms with van der Waals surface area (Å²) in [6, 6.07) is 5.27. The first kappa shape index (κ1) is 18.2. The Morgan fingerprint density at radius 3 is 2.71 bits per heavy atom. The lowest BCUT2D eigenvalue weighted by Crippen LogP contribution is -2.23. The van der Waals surface area contributed by atoms with Crippen LogP contribution in [-0.2, 0) is 23.1 Å². The zero-order valence-corrected chi connectivity index (χ0v) is 16.4. The molecule has 0 atom stereocenters. The molecular weight excluding hydrogens is 384 g/mol. The quantitative estimate of drug-likeness (QED) is 0.617. The largest absolute Gasteiger partial charge is 0.465 e. The van der Waals surface area contributed by atoms with Crippen molar-refractivity contribution in [2.45, 2.75) is 20.4 Å². The first-order valence-electron chi connectivity index (χ1n) is 8.64. The van der Waals surface area contributed by atoms with Gasteiger partial charge >= 0.3 is 5.97 Å². The number of hydrogen-bond donors (Lipinski definition) is 0. The molecule has 146 valence electrons. The number of aromatic nitrogens is 3. The lowest BCUT2D eigenvalue weighted by atomic mass is 10.3. The van der Waals surface area contributed by atoms with E-state index < -0.39 is 11.9 Å². The Kier molecular flexibility index (Phi) is 4.63. The number of carbonyl (C=O) groups excluding carboxylic acids is 2. The standard InChI is InChI=1S/C18H18N4O5S/c1-4-25-16(23)8-22-12-6-13-14(27-9-26-13)7-15(12)28-18(22)19-17(24)11-5-10(2)21(3)20-11/h5-7H,4,8-9H2,1-3H3. The Bertz CT molecular complexity index is 1140.